The van der Waals surface area contributed by atoms with Crippen LogP contribution in [0.15, 0.2) is 24.3 Å². The van der Waals surface area contributed by atoms with E-state index in [-0.39, 0.29) is 12.7 Å². The van der Waals surface area contributed by atoms with Crippen LogP contribution in [-0.2, 0) is 14.8 Å². The Morgan fingerprint density at radius 1 is 1.13 bits per heavy atom. The van der Waals surface area contributed by atoms with Gasteiger partial charge in [0.05, 0.1) is 19.3 Å². The van der Waals surface area contributed by atoms with Crippen molar-refractivity contribution in [1.82, 2.24) is 10.0 Å². The first-order chi connectivity index (χ1) is 14.2. The van der Waals surface area contributed by atoms with Crippen LogP contribution in [-0.4, -0.2) is 51.9 Å². The monoisotopic (exact) mass is 450 g/mol. The molecule has 2 N–H and O–H groups in total. The average Bonchev–Trinajstić information content (AvgIpc) is 3.13. The van der Waals surface area contributed by atoms with Crippen LogP contribution in [0.5, 0.6) is 5.75 Å². The van der Waals surface area contributed by atoms with Crippen LogP contribution >= 0.6 is 0 Å². The van der Waals surface area contributed by atoms with Crippen molar-refractivity contribution in [2.24, 2.45) is 0 Å². The third kappa shape index (κ3) is 5.66. The van der Waals surface area contributed by atoms with Gasteiger partial charge in [0, 0.05) is 12.1 Å². The third-order valence-corrected chi connectivity index (χ3v) is 7.03. The van der Waals surface area contributed by atoms with Gasteiger partial charge in [-0.1, -0.05) is 18.2 Å². The maximum absolute atomic E-state index is 12.6. The SMILES string of the molecule is CCOc1ccccc1[C@H]1CC[C@@H](OC[C@@H]2NCC[C@@H]2NS(=O)(=O)C(F)(F)F)CC1. The Kier molecular flexibility index (Phi) is 7.65. The zero-order valence-electron chi connectivity index (χ0n) is 17.0. The fraction of sp³-hybridized carbons (Fsp3) is 0.700. The second-order valence-electron chi connectivity index (χ2n) is 7.80. The molecule has 1 heterocycles. The molecule has 0 unspecified atom stereocenters. The van der Waals surface area contributed by atoms with Crippen LogP contribution in [0.3, 0.4) is 0 Å². The van der Waals surface area contributed by atoms with Crippen LogP contribution in [0.1, 0.15) is 50.5 Å². The molecule has 1 aliphatic heterocycles. The summed E-state index contributed by atoms with van der Waals surface area (Å²) >= 11 is 0. The van der Waals surface area contributed by atoms with E-state index in [2.05, 4.69) is 11.4 Å². The van der Waals surface area contributed by atoms with Gasteiger partial charge < -0.3 is 14.8 Å². The molecule has 2 atom stereocenters. The fourth-order valence-electron chi connectivity index (χ4n) is 4.23. The Balaban J connectivity index is 1.49. The maximum atomic E-state index is 12.6. The van der Waals surface area contributed by atoms with Crippen LogP contribution < -0.4 is 14.8 Å². The molecule has 1 aliphatic carbocycles. The van der Waals surface area contributed by atoms with Crippen molar-refractivity contribution in [1.29, 1.82) is 0 Å². The van der Waals surface area contributed by atoms with E-state index in [4.69, 9.17) is 9.47 Å². The molecular weight excluding hydrogens is 421 g/mol. The van der Waals surface area contributed by atoms with Crippen LogP contribution in [0.25, 0.3) is 0 Å². The van der Waals surface area contributed by atoms with Gasteiger partial charge in [-0.2, -0.15) is 13.2 Å². The van der Waals surface area contributed by atoms with E-state index in [1.165, 1.54) is 5.56 Å². The molecule has 1 aromatic rings. The molecule has 3 rings (SSSR count). The van der Waals surface area contributed by atoms with Crippen molar-refractivity contribution < 1.29 is 31.1 Å². The highest BCUT2D eigenvalue weighted by molar-refractivity contribution is 7.90. The molecule has 1 saturated carbocycles. The predicted octanol–water partition coefficient (Wildman–Crippen LogP) is 3.30. The molecule has 0 bridgehead atoms. The number of ether oxygens (including phenoxy) is 2. The first kappa shape index (κ1) is 23.3. The molecule has 170 valence electrons. The smallest absolute Gasteiger partial charge is 0.494 e. The Hall–Kier alpha value is -1.36. The van der Waals surface area contributed by atoms with Crippen molar-refractivity contribution >= 4 is 10.0 Å². The summed E-state index contributed by atoms with van der Waals surface area (Å²) < 4.78 is 74.1. The van der Waals surface area contributed by atoms with Crippen LogP contribution in [0.2, 0.25) is 0 Å². The summed E-state index contributed by atoms with van der Waals surface area (Å²) in [5.41, 5.74) is -4.10. The quantitative estimate of drug-likeness (QED) is 0.636. The van der Waals surface area contributed by atoms with Gasteiger partial charge in [-0.25, -0.2) is 13.1 Å². The van der Waals surface area contributed by atoms with Crippen LogP contribution in [0, 0.1) is 0 Å². The lowest BCUT2D eigenvalue weighted by molar-refractivity contribution is -0.0454. The molecule has 0 radical (unpaired) electrons. The van der Waals surface area contributed by atoms with Gasteiger partial charge in [0.25, 0.3) is 0 Å². The summed E-state index contributed by atoms with van der Waals surface area (Å²) in [6.45, 7) is 3.19. The lowest BCUT2D eigenvalue weighted by Crippen LogP contribution is -2.49. The van der Waals surface area contributed by atoms with Crippen LogP contribution in [0.4, 0.5) is 13.2 Å². The minimum absolute atomic E-state index is 0.0165. The van der Waals surface area contributed by atoms with E-state index < -0.39 is 27.6 Å². The summed E-state index contributed by atoms with van der Waals surface area (Å²) in [6, 6.07) is 6.74. The van der Waals surface area contributed by atoms with E-state index in [1.54, 1.807) is 4.72 Å². The molecular formula is C20H29F3N2O4S. The lowest BCUT2D eigenvalue weighted by Gasteiger charge is -2.31. The lowest BCUT2D eigenvalue weighted by atomic mass is 9.82. The average molecular weight is 451 g/mol. The highest BCUT2D eigenvalue weighted by Crippen LogP contribution is 2.38. The van der Waals surface area contributed by atoms with E-state index in [0.717, 1.165) is 31.4 Å². The van der Waals surface area contributed by atoms with Crippen molar-refractivity contribution in [3.63, 3.8) is 0 Å². The molecule has 2 fully saturated rings. The predicted molar refractivity (Wildman–Crippen MR) is 107 cm³/mol. The second-order valence-corrected chi connectivity index (χ2v) is 9.51. The molecule has 6 nitrogen and oxygen atoms in total. The minimum atomic E-state index is -5.36. The zero-order chi connectivity index (χ0) is 21.8. The summed E-state index contributed by atoms with van der Waals surface area (Å²) in [4.78, 5) is 0. The normalized spacial score (nSPS) is 27.9. The van der Waals surface area contributed by atoms with Crippen molar-refractivity contribution in [3.8, 4) is 5.75 Å². The van der Waals surface area contributed by atoms with Gasteiger partial charge in [-0.15, -0.1) is 0 Å². The number of rotatable bonds is 8. The van der Waals surface area contributed by atoms with Crippen molar-refractivity contribution in [2.45, 2.75) is 68.6 Å². The molecule has 0 amide bonds. The number of sulfonamides is 1. The van der Waals surface area contributed by atoms with Gasteiger partial charge in [-0.05, 0) is 63.1 Å². The summed E-state index contributed by atoms with van der Waals surface area (Å²) in [5.74, 6) is 1.31. The summed E-state index contributed by atoms with van der Waals surface area (Å²) in [7, 11) is -5.36. The fourth-order valence-corrected chi connectivity index (χ4v) is 5.05. The van der Waals surface area contributed by atoms with Gasteiger partial charge in [0.1, 0.15) is 5.75 Å². The van der Waals surface area contributed by atoms with Crippen molar-refractivity contribution in [2.75, 3.05) is 19.8 Å². The maximum Gasteiger partial charge on any atom is 0.511 e. The molecule has 2 aliphatic rings. The number of hydrogen-bond acceptors (Lipinski definition) is 5. The number of hydrogen-bond donors (Lipinski definition) is 2. The first-order valence-corrected chi connectivity index (χ1v) is 11.8. The Morgan fingerprint density at radius 3 is 2.50 bits per heavy atom. The molecule has 10 heteroatoms. The Labute approximate surface area is 175 Å². The second kappa shape index (κ2) is 9.84. The highest BCUT2D eigenvalue weighted by Gasteiger charge is 2.48. The van der Waals surface area contributed by atoms with E-state index in [0.29, 0.717) is 25.5 Å². The molecule has 1 aromatic carbocycles. The molecule has 0 spiro atoms. The van der Waals surface area contributed by atoms with E-state index in [1.807, 2.05) is 25.1 Å². The van der Waals surface area contributed by atoms with Crippen molar-refractivity contribution in [3.05, 3.63) is 29.8 Å². The Bertz CT molecular complexity index is 795. The zero-order valence-corrected chi connectivity index (χ0v) is 17.8. The molecule has 1 saturated heterocycles. The topological polar surface area (TPSA) is 76.7 Å². The molecule has 30 heavy (non-hydrogen) atoms. The first-order valence-electron chi connectivity index (χ1n) is 10.4. The summed E-state index contributed by atoms with van der Waals surface area (Å²) in [5, 5.41) is 3.04. The van der Waals surface area contributed by atoms with E-state index in [9.17, 15) is 21.6 Å². The van der Waals surface area contributed by atoms with Gasteiger partial charge >= 0.3 is 15.5 Å². The summed E-state index contributed by atoms with van der Waals surface area (Å²) in [6.07, 6.45) is 3.88. The highest BCUT2D eigenvalue weighted by atomic mass is 32.2. The number of benzene rings is 1. The largest absolute Gasteiger partial charge is 0.511 e. The standard InChI is InChI=1S/C20H29F3N2O4S/c1-2-28-19-6-4-3-5-16(19)14-7-9-15(10-8-14)29-13-18-17(11-12-24-18)25-30(26,27)20(21,22)23/h3-6,14-15,17-18,24-25H,2,7-13H2,1H3/t14-,15+,17-,18-/m0/s1. The number of nitrogens with one attached hydrogen (secondary N) is 2. The third-order valence-electron chi connectivity index (χ3n) is 5.80. The number of para-hydroxylation sites is 1. The number of alkyl halides is 3. The van der Waals surface area contributed by atoms with E-state index >= 15 is 0 Å². The van der Waals surface area contributed by atoms with Gasteiger partial charge in [0.2, 0.25) is 0 Å². The minimum Gasteiger partial charge on any atom is -0.494 e. The number of halogens is 3. The van der Waals surface area contributed by atoms with Gasteiger partial charge in [0.15, 0.2) is 0 Å². The Morgan fingerprint density at radius 2 is 1.83 bits per heavy atom. The molecule has 0 aromatic heterocycles. The van der Waals surface area contributed by atoms with Gasteiger partial charge in [-0.3, -0.25) is 0 Å².